The van der Waals surface area contributed by atoms with Crippen LogP contribution in [0.5, 0.6) is 0 Å². The van der Waals surface area contributed by atoms with Gasteiger partial charge in [-0.2, -0.15) is 0 Å². The highest BCUT2D eigenvalue weighted by molar-refractivity contribution is 6.34. The van der Waals surface area contributed by atoms with Crippen LogP contribution in [0.3, 0.4) is 0 Å². The van der Waals surface area contributed by atoms with Gasteiger partial charge in [-0.1, -0.05) is 47.5 Å². The van der Waals surface area contributed by atoms with Crippen LogP contribution in [0.2, 0.25) is 10.2 Å². The summed E-state index contributed by atoms with van der Waals surface area (Å²) in [6.07, 6.45) is 1.51. The third-order valence-electron chi connectivity index (χ3n) is 2.89. The lowest BCUT2D eigenvalue weighted by atomic mass is 10.1. The number of nitrogens with zero attached hydrogens (tertiary/aromatic N) is 2. The lowest BCUT2D eigenvalue weighted by Gasteiger charge is -2.06. The number of hydrogen-bond donors (Lipinski definition) is 1. The zero-order valence-corrected chi connectivity index (χ0v) is 12.2. The highest BCUT2D eigenvalue weighted by atomic mass is 35.5. The van der Waals surface area contributed by atoms with Crippen molar-refractivity contribution in [3.63, 3.8) is 0 Å². The van der Waals surface area contributed by atoms with Crippen LogP contribution in [0.25, 0.3) is 10.8 Å². The number of halogens is 2. The second kappa shape index (κ2) is 5.68. The van der Waals surface area contributed by atoms with Gasteiger partial charge in [-0.3, -0.25) is 4.79 Å². The van der Waals surface area contributed by atoms with Crippen molar-refractivity contribution in [2.24, 2.45) is 0 Å². The van der Waals surface area contributed by atoms with Crippen molar-refractivity contribution in [3.05, 3.63) is 64.5 Å². The molecule has 2 aromatic heterocycles. The van der Waals surface area contributed by atoms with Gasteiger partial charge in [0.05, 0.1) is 0 Å². The van der Waals surface area contributed by atoms with Crippen LogP contribution in [-0.2, 0) is 0 Å². The van der Waals surface area contributed by atoms with Gasteiger partial charge in [-0.25, -0.2) is 9.97 Å². The number of aromatic nitrogens is 2. The molecule has 0 atom stereocenters. The lowest BCUT2D eigenvalue weighted by Crippen LogP contribution is -2.14. The Bertz CT molecular complexity index is 836. The van der Waals surface area contributed by atoms with Gasteiger partial charge in [0.15, 0.2) is 0 Å². The van der Waals surface area contributed by atoms with Gasteiger partial charge in [0.2, 0.25) is 0 Å². The van der Waals surface area contributed by atoms with E-state index in [1.807, 2.05) is 24.3 Å². The third kappa shape index (κ3) is 2.96. The molecule has 6 heteroatoms. The third-order valence-corrected chi connectivity index (χ3v) is 3.41. The summed E-state index contributed by atoms with van der Waals surface area (Å²) in [5, 5.41) is 5.07. The minimum Gasteiger partial charge on any atom is -0.305 e. The summed E-state index contributed by atoms with van der Waals surface area (Å²) < 4.78 is 0. The van der Waals surface area contributed by atoms with Crippen LogP contribution in [0.4, 0.5) is 5.82 Å². The van der Waals surface area contributed by atoms with Crippen molar-refractivity contribution in [2.45, 2.75) is 0 Å². The quantitative estimate of drug-likeness (QED) is 0.721. The van der Waals surface area contributed by atoms with Crippen LogP contribution in [0.15, 0.2) is 48.7 Å². The normalized spacial score (nSPS) is 10.6. The molecular weight excluding hydrogens is 309 g/mol. The highest BCUT2D eigenvalue weighted by Crippen LogP contribution is 2.22. The molecule has 3 aromatic rings. The summed E-state index contributed by atoms with van der Waals surface area (Å²) in [6.45, 7) is 0. The molecule has 0 spiro atoms. The number of amides is 1. The molecule has 1 amide bonds. The van der Waals surface area contributed by atoms with Crippen molar-refractivity contribution in [1.82, 2.24) is 9.97 Å². The first-order valence-corrected chi connectivity index (χ1v) is 6.87. The number of rotatable bonds is 2. The van der Waals surface area contributed by atoms with Crippen LogP contribution in [0, 0.1) is 0 Å². The van der Waals surface area contributed by atoms with Gasteiger partial charge >= 0.3 is 0 Å². The van der Waals surface area contributed by atoms with E-state index in [0.29, 0.717) is 10.8 Å². The summed E-state index contributed by atoms with van der Waals surface area (Å²) in [5.41, 5.74) is 0.223. The number of fused-ring (bicyclic) bond motifs is 1. The molecule has 0 aliphatic rings. The summed E-state index contributed by atoms with van der Waals surface area (Å²) in [4.78, 5) is 20.3. The molecule has 0 radical (unpaired) electrons. The molecule has 0 aliphatic heterocycles. The smallest absolute Gasteiger partial charge is 0.275 e. The first kappa shape index (κ1) is 13.8. The maximum Gasteiger partial charge on any atom is 0.275 e. The minimum atomic E-state index is -0.391. The van der Waals surface area contributed by atoms with E-state index in [-0.39, 0.29) is 10.8 Å². The average molecular weight is 318 g/mol. The van der Waals surface area contributed by atoms with Crippen molar-refractivity contribution >= 4 is 45.7 Å². The molecule has 2 heterocycles. The molecule has 0 aliphatic carbocycles. The van der Waals surface area contributed by atoms with E-state index in [4.69, 9.17) is 23.2 Å². The van der Waals surface area contributed by atoms with Crippen molar-refractivity contribution in [1.29, 1.82) is 0 Å². The van der Waals surface area contributed by atoms with Crippen molar-refractivity contribution in [3.8, 4) is 0 Å². The van der Waals surface area contributed by atoms with E-state index in [0.717, 1.165) is 10.8 Å². The molecule has 1 aromatic carbocycles. The number of pyridine rings is 2. The van der Waals surface area contributed by atoms with E-state index >= 15 is 0 Å². The molecular formula is C15H9Cl2N3O. The number of carbonyl (C=O) groups is 1. The van der Waals surface area contributed by atoms with Gasteiger partial charge in [0, 0.05) is 16.6 Å². The fourth-order valence-electron chi connectivity index (χ4n) is 1.93. The molecule has 104 valence electrons. The summed E-state index contributed by atoms with van der Waals surface area (Å²) in [7, 11) is 0. The first-order chi connectivity index (χ1) is 10.1. The predicted octanol–water partition coefficient (Wildman–Crippen LogP) is 4.19. The molecule has 0 unspecified atom stereocenters. The first-order valence-electron chi connectivity index (χ1n) is 6.12. The number of nitrogens with one attached hydrogen (secondary N) is 1. The monoisotopic (exact) mass is 317 g/mol. The Balaban J connectivity index is 1.94. The maximum atomic E-state index is 12.2. The molecule has 0 saturated carbocycles. The molecule has 4 nitrogen and oxygen atoms in total. The Labute approximate surface area is 130 Å². The average Bonchev–Trinajstić information content (AvgIpc) is 2.47. The summed E-state index contributed by atoms with van der Waals surface area (Å²) in [5.74, 6) is -0.0315. The molecule has 3 rings (SSSR count). The molecule has 0 fully saturated rings. The van der Waals surface area contributed by atoms with Crippen LogP contribution in [-0.4, -0.2) is 15.9 Å². The zero-order valence-electron chi connectivity index (χ0n) is 10.7. The number of hydrogen-bond acceptors (Lipinski definition) is 3. The number of benzene rings is 1. The number of carbonyl (C=O) groups excluding carboxylic acids is 1. The zero-order chi connectivity index (χ0) is 14.8. The molecule has 1 N–H and O–H groups in total. The topological polar surface area (TPSA) is 54.9 Å². The van der Waals surface area contributed by atoms with E-state index in [1.165, 1.54) is 6.20 Å². The fraction of sp³-hybridized carbons (Fsp3) is 0. The minimum absolute atomic E-state index is 0.223. The van der Waals surface area contributed by atoms with E-state index < -0.39 is 5.91 Å². The maximum absolute atomic E-state index is 12.2. The second-order valence-electron chi connectivity index (χ2n) is 4.33. The Morgan fingerprint density at radius 2 is 1.90 bits per heavy atom. The van der Waals surface area contributed by atoms with Gasteiger partial charge in [-0.05, 0) is 23.6 Å². The van der Waals surface area contributed by atoms with E-state index in [9.17, 15) is 4.79 Å². The van der Waals surface area contributed by atoms with Gasteiger partial charge in [0.25, 0.3) is 5.91 Å². The fourth-order valence-corrected chi connectivity index (χ4v) is 2.35. The largest absolute Gasteiger partial charge is 0.305 e. The van der Waals surface area contributed by atoms with E-state index in [1.54, 1.807) is 18.2 Å². The van der Waals surface area contributed by atoms with Crippen molar-refractivity contribution < 1.29 is 4.79 Å². The Morgan fingerprint density at radius 3 is 2.71 bits per heavy atom. The lowest BCUT2D eigenvalue weighted by molar-refractivity contribution is 0.102. The molecule has 21 heavy (non-hydrogen) atoms. The second-order valence-corrected chi connectivity index (χ2v) is 5.13. The van der Waals surface area contributed by atoms with Gasteiger partial charge < -0.3 is 5.32 Å². The van der Waals surface area contributed by atoms with Gasteiger partial charge in [-0.15, -0.1) is 0 Å². The van der Waals surface area contributed by atoms with Crippen molar-refractivity contribution in [2.75, 3.05) is 5.32 Å². The number of anilines is 1. The van der Waals surface area contributed by atoms with E-state index in [2.05, 4.69) is 15.3 Å². The van der Waals surface area contributed by atoms with Crippen LogP contribution in [0.1, 0.15) is 10.5 Å². The molecule has 0 bridgehead atoms. The Kier molecular flexibility index (Phi) is 3.73. The Morgan fingerprint density at radius 1 is 1.10 bits per heavy atom. The van der Waals surface area contributed by atoms with Gasteiger partial charge in [0.1, 0.15) is 16.7 Å². The van der Waals surface area contributed by atoms with Crippen LogP contribution >= 0.6 is 23.2 Å². The Hall–Kier alpha value is -2.17. The summed E-state index contributed by atoms with van der Waals surface area (Å²) >= 11 is 12.0. The highest BCUT2D eigenvalue weighted by Gasteiger charge is 2.12. The molecule has 0 saturated heterocycles. The SMILES string of the molecule is O=C(Nc1cc(Cl)ccn1)c1cc2ccccc2c(Cl)n1. The predicted molar refractivity (Wildman–Crippen MR) is 84.0 cm³/mol. The standard InChI is InChI=1S/C15H9Cl2N3O/c16-10-5-6-18-13(8-10)20-15(21)12-7-9-3-1-2-4-11(9)14(17)19-12/h1-8H,(H,18,20,21). The summed E-state index contributed by atoms with van der Waals surface area (Å²) in [6, 6.07) is 12.3. The van der Waals surface area contributed by atoms with Crippen LogP contribution < -0.4 is 5.32 Å².